The monoisotopic (exact) mass is 453 g/mol. The van der Waals surface area contributed by atoms with Crippen molar-refractivity contribution in [2.45, 2.75) is 25.4 Å². The van der Waals surface area contributed by atoms with Crippen molar-refractivity contribution in [3.05, 3.63) is 83.1 Å². The van der Waals surface area contributed by atoms with Gasteiger partial charge >= 0.3 is 0 Å². The third-order valence-corrected chi connectivity index (χ3v) is 5.25. The quantitative estimate of drug-likeness (QED) is 0.434. The zero-order valence-electron chi connectivity index (χ0n) is 17.0. The van der Waals surface area contributed by atoms with Crippen LogP contribution in [-0.4, -0.2) is 17.9 Å². The van der Waals surface area contributed by atoms with Gasteiger partial charge in [0.25, 0.3) is 0 Å². The molecule has 0 saturated carbocycles. The minimum absolute atomic E-state index is 0.241. The highest BCUT2D eigenvalue weighted by molar-refractivity contribution is 6.30. The zero-order valence-corrected chi connectivity index (χ0v) is 17.8. The van der Waals surface area contributed by atoms with Crippen LogP contribution in [0.1, 0.15) is 18.4 Å². The van der Waals surface area contributed by atoms with Crippen LogP contribution in [0.15, 0.2) is 66.7 Å². The molecule has 0 spiro atoms. The Morgan fingerprint density at radius 3 is 2.28 bits per heavy atom. The maximum absolute atomic E-state index is 13.8. The second kappa shape index (κ2) is 9.70. The maximum Gasteiger partial charge on any atom is 0.249 e. The number of nitrogens with one attached hydrogen (secondary N) is 3. The highest BCUT2D eigenvalue weighted by Gasteiger charge is 2.26. The standard InChI is InChI=1S/C24H21ClFN3O3/c25-16-1-10-21(26)15(13-16)14-27-17-2-6-19(7-3-17)32-20-8-4-18(5-9-20)28-22-11-12-23(30)29-24(22)31/h1-10,13,22,27-28H,11-12,14H2,(H,29,30,31)/t22-/m1/s1. The van der Waals surface area contributed by atoms with Gasteiger partial charge in [0.05, 0.1) is 0 Å². The summed E-state index contributed by atoms with van der Waals surface area (Å²) < 4.78 is 19.7. The molecule has 1 heterocycles. The molecule has 2 amide bonds. The lowest BCUT2D eigenvalue weighted by Gasteiger charge is -2.22. The number of piperidine rings is 1. The van der Waals surface area contributed by atoms with E-state index in [1.165, 1.54) is 12.1 Å². The molecule has 1 saturated heterocycles. The fourth-order valence-electron chi connectivity index (χ4n) is 3.30. The fourth-order valence-corrected chi connectivity index (χ4v) is 3.50. The van der Waals surface area contributed by atoms with E-state index in [0.717, 1.165) is 11.4 Å². The van der Waals surface area contributed by atoms with Crippen LogP contribution in [0.2, 0.25) is 5.02 Å². The Bertz CT molecular complexity index is 1120. The van der Waals surface area contributed by atoms with E-state index in [2.05, 4.69) is 16.0 Å². The average molecular weight is 454 g/mol. The van der Waals surface area contributed by atoms with Crippen LogP contribution in [0.3, 0.4) is 0 Å². The van der Waals surface area contributed by atoms with E-state index in [1.807, 2.05) is 36.4 Å². The summed E-state index contributed by atoms with van der Waals surface area (Å²) in [6.45, 7) is 0.314. The van der Waals surface area contributed by atoms with Crippen molar-refractivity contribution in [2.24, 2.45) is 0 Å². The third kappa shape index (κ3) is 5.56. The molecular formula is C24H21ClFN3O3. The second-order valence-electron chi connectivity index (χ2n) is 7.39. The Labute approximate surface area is 189 Å². The highest BCUT2D eigenvalue weighted by atomic mass is 35.5. The van der Waals surface area contributed by atoms with E-state index in [1.54, 1.807) is 18.2 Å². The van der Waals surface area contributed by atoms with Crippen LogP contribution in [0.5, 0.6) is 11.5 Å². The molecule has 0 unspecified atom stereocenters. The molecule has 3 aromatic carbocycles. The van der Waals surface area contributed by atoms with E-state index in [-0.39, 0.29) is 17.6 Å². The first-order valence-electron chi connectivity index (χ1n) is 10.1. The first-order chi connectivity index (χ1) is 15.5. The molecule has 6 nitrogen and oxygen atoms in total. The van der Waals surface area contributed by atoms with Crippen molar-refractivity contribution in [3.8, 4) is 11.5 Å². The summed E-state index contributed by atoms with van der Waals surface area (Å²) in [5.74, 6) is 0.427. The molecule has 1 fully saturated rings. The number of benzene rings is 3. The largest absolute Gasteiger partial charge is 0.457 e. The fraction of sp³-hybridized carbons (Fsp3) is 0.167. The smallest absolute Gasteiger partial charge is 0.249 e. The number of rotatable bonds is 7. The molecule has 1 aliphatic rings. The lowest BCUT2D eigenvalue weighted by Crippen LogP contribution is -2.47. The second-order valence-corrected chi connectivity index (χ2v) is 7.82. The molecular weight excluding hydrogens is 433 g/mol. The number of ether oxygens (including phenoxy) is 1. The zero-order chi connectivity index (χ0) is 22.5. The highest BCUT2D eigenvalue weighted by Crippen LogP contribution is 2.25. The first kappa shape index (κ1) is 21.6. The topological polar surface area (TPSA) is 79.5 Å². The summed E-state index contributed by atoms with van der Waals surface area (Å²) >= 11 is 5.92. The number of hydrogen-bond acceptors (Lipinski definition) is 5. The molecule has 8 heteroatoms. The van der Waals surface area contributed by atoms with Gasteiger partial charge in [-0.1, -0.05) is 11.6 Å². The Morgan fingerprint density at radius 1 is 0.969 bits per heavy atom. The van der Waals surface area contributed by atoms with E-state index in [4.69, 9.17) is 16.3 Å². The van der Waals surface area contributed by atoms with Crippen molar-refractivity contribution >= 4 is 34.8 Å². The van der Waals surface area contributed by atoms with Gasteiger partial charge in [-0.25, -0.2) is 4.39 Å². The molecule has 0 bridgehead atoms. The Kier molecular flexibility index (Phi) is 6.56. The predicted molar refractivity (Wildman–Crippen MR) is 121 cm³/mol. The number of hydrogen-bond donors (Lipinski definition) is 3. The van der Waals surface area contributed by atoms with Crippen molar-refractivity contribution in [1.82, 2.24) is 5.32 Å². The number of carbonyl (C=O) groups excluding carboxylic acids is 2. The Morgan fingerprint density at radius 2 is 1.62 bits per heavy atom. The van der Waals surface area contributed by atoms with Crippen molar-refractivity contribution < 1.29 is 18.7 Å². The van der Waals surface area contributed by atoms with Crippen LogP contribution in [0.25, 0.3) is 0 Å². The molecule has 0 radical (unpaired) electrons. The molecule has 0 aromatic heterocycles. The maximum atomic E-state index is 13.8. The van der Waals surface area contributed by atoms with Gasteiger partial charge in [-0.05, 0) is 73.2 Å². The van der Waals surface area contributed by atoms with E-state index in [9.17, 15) is 14.0 Å². The first-order valence-corrected chi connectivity index (χ1v) is 10.5. The molecule has 164 valence electrons. The van der Waals surface area contributed by atoms with E-state index in [0.29, 0.717) is 41.5 Å². The number of amides is 2. The molecule has 1 aliphatic heterocycles. The van der Waals surface area contributed by atoms with E-state index >= 15 is 0 Å². The number of imide groups is 1. The van der Waals surface area contributed by atoms with Crippen molar-refractivity contribution in [1.29, 1.82) is 0 Å². The summed E-state index contributed by atoms with van der Waals surface area (Å²) in [5.41, 5.74) is 2.07. The summed E-state index contributed by atoms with van der Waals surface area (Å²) in [6.07, 6.45) is 0.788. The number of anilines is 2. The van der Waals surface area contributed by atoms with E-state index < -0.39 is 6.04 Å². The van der Waals surface area contributed by atoms with Gasteiger partial charge in [0.15, 0.2) is 0 Å². The third-order valence-electron chi connectivity index (χ3n) is 5.02. The van der Waals surface area contributed by atoms with Crippen LogP contribution in [0.4, 0.5) is 15.8 Å². The van der Waals surface area contributed by atoms with Crippen LogP contribution >= 0.6 is 11.6 Å². The molecule has 0 aliphatic carbocycles. The Hall–Kier alpha value is -3.58. The molecule has 4 rings (SSSR count). The lowest BCUT2D eigenvalue weighted by molar-refractivity contribution is -0.133. The van der Waals surface area contributed by atoms with Gasteiger partial charge in [0.2, 0.25) is 11.8 Å². The van der Waals surface area contributed by atoms with Crippen LogP contribution in [0, 0.1) is 5.82 Å². The SMILES string of the molecule is O=C1CC[C@@H](Nc2ccc(Oc3ccc(NCc4cc(Cl)ccc4F)cc3)cc2)C(=O)N1. The van der Waals surface area contributed by atoms with Crippen molar-refractivity contribution in [2.75, 3.05) is 10.6 Å². The minimum Gasteiger partial charge on any atom is -0.457 e. The van der Waals surface area contributed by atoms with Gasteiger partial charge in [-0.2, -0.15) is 0 Å². The number of halogens is 2. The summed E-state index contributed by atoms with van der Waals surface area (Å²) in [4.78, 5) is 23.1. The normalized spacial score (nSPS) is 15.8. The average Bonchev–Trinajstić information content (AvgIpc) is 2.78. The molecule has 3 aromatic rings. The van der Waals surface area contributed by atoms with Crippen molar-refractivity contribution in [3.63, 3.8) is 0 Å². The molecule has 32 heavy (non-hydrogen) atoms. The Balaban J connectivity index is 1.31. The predicted octanol–water partition coefficient (Wildman–Crippen LogP) is 5.10. The summed E-state index contributed by atoms with van der Waals surface area (Å²) in [5, 5.41) is 9.10. The van der Waals surface area contributed by atoms with Crippen LogP contribution < -0.4 is 20.7 Å². The van der Waals surface area contributed by atoms with Gasteiger partial charge in [0.1, 0.15) is 23.4 Å². The number of carbonyl (C=O) groups is 2. The van der Waals surface area contributed by atoms with Gasteiger partial charge < -0.3 is 15.4 Å². The lowest BCUT2D eigenvalue weighted by atomic mass is 10.1. The molecule has 1 atom stereocenters. The van der Waals surface area contributed by atoms with Gasteiger partial charge in [0, 0.05) is 34.9 Å². The summed E-state index contributed by atoms with van der Waals surface area (Å²) in [7, 11) is 0. The van der Waals surface area contributed by atoms with Gasteiger partial charge in [-0.15, -0.1) is 0 Å². The van der Waals surface area contributed by atoms with Gasteiger partial charge in [-0.3, -0.25) is 14.9 Å². The summed E-state index contributed by atoms with van der Waals surface area (Å²) in [6, 6.07) is 18.6. The minimum atomic E-state index is -0.431. The van der Waals surface area contributed by atoms with Crippen LogP contribution in [-0.2, 0) is 16.1 Å². The molecule has 3 N–H and O–H groups in total.